The number of ketones is 1. The number of hydrogen-bond acceptors (Lipinski definition) is 3. The molecule has 0 bridgehead atoms. The maximum absolute atomic E-state index is 11.7. The van der Waals surface area contributed by atoms with E-state index < -0.39 is 6.10 Å². The standard InChI is InChI=1S/C14H12Cl2INO2/c1-3-11(19)7(2)20-14-10(17)6-9(15)8-4-5-12(16)18-13(8)14/h4-7H,3H2,1-2H3. The molecule has 0 saturated carbocycles. The van der Waals surface area contributed by atoms with E-state index in [1.165, 1.54) is 0 Å². The van der Waals surface area contributed by atoms with E-state index in [4.69, 9.17) is 27.9 Å². The number of pyridine rings is 1. The Hall–Kier alpha value is -0.590. The Morgan fingerprint density at radius 2 is 2.15 bits per heavy atom. The highest BCUT2D eigenvalue weighted by Gasteiger charge is 2.18. The number of carbonyl (C=O) groups is 1. The Morgan fingerprint density at radius 1 is 1.45 bits per heavy atom. The molecule has 0 aliphatic carbocycles. The van der Waals surface area contributed by atoms with Gasteiger partial charge in [0.15, 0.2) is 17.6 Å². The fourth-order valence-corrected chi connectivity index (χ4v) is 3.10. The van der Waals surface area contributed by atoms with E-state index in [0.29, 0.717) is 27.9 Å². The van der Waals surface area contributed by atoms with E-state index in [0.717, 1.165) is 8.96 Å². The number of carbonyl (C=O) groups excluding carboxylic acids is 1. The largest absolute Gasteiger partial charge is 0.480 e. The van der Waals surface area contributed by atoms with Gasteiger partial charge >= 0.3 is 0 Å². The molecule has 0 radical (unpaired) electrons. The van der Waals surface area contributed by atoms with Crippen molar-refractivity contribution in [3.63, 3.8) is 0 Å². The molecule has 2 rings (SSSR count). The van der Waals surface area contributed by atoms with Crippen LogP contribution in [-0.4, -0.2) is 16.9 Å². The molecule has 2 aromatic rings. The van der Waals surface area contributed by atoms with Crippen molar-refractivity contribution in [3.8, 4) is 5.75 Å². The lowest BCUT2D eigenvalue weighted by Gasteiger charge is -2.16. The number of ether oxygens (including phenoxy) is 1. The van der Waals surface area contributed by atoms with Crippen LogP contribution >= 0.6 is 45.8 Å². The fourth-order valence-electron chi connectivity index (χ4n) is 1.81. The van der Waals surface area contributed by atoms with Gasteiger partial charge in [0.25, 0.3) is 0 Å². The number of rotatable bonds is 4. The van der Waals surface area contributed by atoms with Gasteiger partial charge in [-0.2, -0.15) is 0 Å². The van der Waals surface area contributed by atoms with Crippen LogP contribution in [0.15, 0.2) is 18.2 Å². The first-order valence-electron chi connectivity index (χ1n) is 6.07. The Bertz CT molecular complexity index is 676. The lowest BCUT2D eigenvalue weighted by Crippen LogP contribution is -2.23. The molecule has 20 heavy (non-hydrogen) atoms. The van der Waals surface area contributed by atoms with Crippen LogP contribution in [0, 0.1) is 3.57 Å². The van der Waals surface area contributed by atoms with E-state index in [-0.39, 0.29) is 5.78 Å². The third kappa shape index (κ3) is 3.18. The molecular weight excluding hydrogens is 412 g/mol. The molecule has 0 spiro atoms. The zero-order valence-electron chi connectivity index (χ0n) is 10.9. The van der Waals surface area contributed by atoms with Gasteiger partial charge < -0.3 is 4.74 Å². The van der Waals surface area contributed by atoms with Gasteiger partial charge in [-0.1, -0.05) is 30.1 Å². The highest BCUT2D eigenvalue weighted by atomic mass is 127. The molecule has 3 nitrogen and oxygen atoms in total. The van der Waals surface area contributed by atoms with Crippen molar-refractivity contribution in [2.45, 2.75) is 26.4 Å². The number of fused-ring (bicyclic) bond motifs is 1. The summed E-state index contributed by atoms with van der Waals surface area (Å²) in [5.74, 6) is 0.577. The molecule has 1 aromatic carbocycles. The van der Waals surface area contributed by atoms with Crippen molar-refractivity contribution in [2.24, 2.45) is 0 Å². The Kier molecular flexibility index (Phi) is 5.09. The SMILES string of the molecule is CCC(=O)C(C)Oc1c(I)cc(Cl)c2ccc(Cl)nc12. The molecule has 0 aliphatic heterocycles. The number of aromatic nitrogens is 1. The molecule has 1 aromatic heterocycles. The molecule has 1 unspecified atom stereocenters. The predicted octanol–water partition coefficient (Wildman–Crippen LogP) is 4.89. The summed E-state index contributed by atoms with van der Waals surface area (Å²) in [5, 5.41) is 1.69. The van der Waals surface area contributed by atoms with Gasteiger partial charge in [0, 0.05) is 11.8 Å². The van der Waals surface area contributed by atoms with Crippen molar-refractivity contribution in [3.05, 3.63) is 31.9 Å². The molecule has 1 heterocycles. The van der Waals surface area contributed by atoms with E-state index >= 15 is 0 Å². The minimum absolute atomic E-state index is 0.0333. The summed E-state index contributed by atoms with van der Waals surface area (Å²) in [5.41, 5.74) is 0.574. The van der Waals surface area contributed by atoms with E-state index in [1.807, 2.05) is 6.92 Å². The number of benzene rings is 1. The maximum atomic E-state index is 11.7. The van der Waals surface area contributed by atoms with Crippen molar-refractivity contribution in [1.82, 2.24) is 4.98 Å². The van der Waals surface area contributed by atoms with Gasteiger partial charge in [-0.3, -0.25) is 4.79 Å². The van der Waals surface area contributed by atoms with Crippen LogP contribution < -0.4 is 4.74 Å². The quantitative estimate of drug-likeness (QED) is 0.519. The van der Waals surface area contributed by atoms with Gasteiger partial charge in [-0.25, -0.2) is 4.98 Å². The Labute approximate surface area is 140 Å². The van der Waals surface area contributed by atoms with Crippen LogP contribution in [0.3, 0.4) is 0 Å². The fraction of sp³-hybridized carbons (Fsp3) is 0.286. The lowest BCUT2D eigenvalue weighted by atomic mass is 10.2. The normalized spacial score (nSPS) is 12.4. The van der Waals surface area contributed by atoms with Gasteiger partial charge in [0.05, 0.1) is 8.59 Å². The number of Topliss-reactive ketones (excluding diaryl/α,β-unsaturated/α-hetero) is 1. The third-order valence-electron chi connectivity index (χ3n) is 2.90. The second-order valence-electron chi connectivity index (χ2n) is 4.28. The van der Waals surface area contributed by atoms with Gasteiger partial charge in [0.2, 0.25) is 0 Å². The molecule has 0 fully saturated rings. The Balaban J connectivity index is 2.57. The molecule has 1 atom stereocenters. The number of hydrogen-bond donors (Lipinski definition) is 0. The molecule has 106 valence electrons. The minimum Gasteiger partial charge on any atom is -0.480 e. The predicted molar refractivity (Wildman–Crippen MR) is 89.9 cm³/mol. The summed E-state index contributed by atoms with van der Waals surface area (Å²) >= 11 is 14.3. The summed E-state index contributed by atoms with van der Waals surface area (Å²) in [4.78, 5) is 16.0. The molecule has 0 amide bonds. The molecular formula is C14H12Cl2INO2. The van der Waals surface area contributed by atoms with E-state index in [2.05, 4.69) is 27.6 Å². The molecule has 0 N–H and O–H groups in total. The highest BCUT2D eigenvalue weighted by molar-refractivity contribution is 14.1. The average Bonchev–Trinajstić information content (AvgIpc) is 2.41. The van der Waals surface area contributed by atoms with Crippen molar-refractivity contribution in [2.75, 3.05) is 0 Å². The summed E-state index contributed by atoms with van der Waals surface area (Å²) < 4.78 is 6.58. The van der Waals surface area contributed by atoms with Gasteiger partial charge in [-0.05, 0) is 47.7 Å². The second kappa shape index (κ2) is 6.45. The molecule has 6 heteroatoms. The van der Waals surface area contributed by atoms with Crippen LogP contribution in [0.2, 0.25) is 10.2 Å². The zero-order chi connectivity index (χ0) is 14.9. The second-order valence-corrected chi connectivity index (χ2v) is 6.24. The first-order chi connectivity index (χ1) is 9.43. The molecule has 0 saturated heterocycles. The highest BCUT2D eigenvalue weighted by Crippen LogP contribution is 2.36. The topological polar surface area (TPSA) is 39.2 Å². The van der Waals surface area contributed by atoms with Crippen molar-refractivity contribution in [1.29, 1.82) is 0 Å². The first kappa shape index (κ1) is 15.8. The minimum atomic E-state index is -0.529. The first-order valence-corrected chi connectivity index (χ1v) is 7.91. The summed E-state index contributed by atoms with van der Waals surface area (Å²) in [6.45, 7) is 3.54. The van der Waals surface area contributed by atoms with Crippen LogP contribution in [0.5, 0.6) is 5.75 Å². The third-order valence-corrected chi connectivity index (χ3v) is 4.23. The smallest absolute Gasteiger partial charge is 0.172 e. The van der Waals surface area contributed by atoms with Crippen LogP contribution in [0.4, 0.5) is 0 Å². The monoisotopic (exact) mass is 423 g/mol. The van der Waals surface area contributed by atoms with Crippen LogP contribution in [0.1, 0.15) is 20.3 Å². The average molecular weight is 424 g/mol. The van der Waals surface area contributed by atoms with Crippen LogP contribution in [-0.2, 0) is 4.79 Å². The Morgan fingerprint density at radius 3 is 2.80 bits per heavy atom. The van der Waals surface area contributed by atoms with E-state index in [9.17, 15) is 4.79 Å². The van der Waals surface area contributed by atoms with Gasteiger partial charge in [0.1, 0.15) is 10.7 Å². The van der Waals surface area contributed by atoms with Crippen molar-refractivity contribution >= 4 is 62.5 Å². The van der Waals surface area contributed by atoms with Gasteiger partial charge in [-0.15, -0.1) is 0 Å². The van der Waals surface area contributed by atoms with Crippen molar-refractivity contribution < 1.29 is 9.53 Å². The number of nitrogens with zero attached hydrogens (tertiary/aromatic N) is 1. The summed E-state index contributed by atoms with van der Waals surface area (Å²) in [7, 11) is 0. The maximum Gasteiger partial charge on any atom is 0.172 e. The lowest BCUT2D eigenvalue weighted by molar-refractivity contribution is -0.124. The van der Waals surface area contributed by atoms with E-state index in [1.54, 1.807) is 25.1 Å². The summed E-state index contributed by atoms with van der Waals surface area (Å²) in [6.07, 6.45) is -0.101. The summed E-state index contributed by atoms with van der Waals surface area (Å²) in [6, 6.07) is 5.26. The molecule has 0 aliphatic rings. The van der Waals surface area contributed by atoms with Crippen LogP contribution in [0.25, 0.3) is 10.9 Å². The zero-order valence-corrected chi connectivity index (χ0v) is 14.6. The number of halogens is 3.